The Morgan fingerprint density at radius 2 is 2.06 bits per heavy atom. The second-order valence-corrected chi connectivity index (χ2v) is 4.33. The van der Waals surface area contributed by atoms with Crippen LogP contribution in [0, 0.1) is 0 Å². The third-order valence-electron chi connectivity index (χ3n) is 2.26. The highest BCUT2D eigenvalue weighted by Crippen LogP contribution is 2.21. The monoisotopic (exact) mass is 306 g/mol. The van der Waals surface area contributed by atoms with Crippen molar-refractivity contribution in [1.29, 1.82) is 0 Å². The third kappa shape index (κ3) is 4.05. The molecule has 1 aliphatic rings. The zero-order valence-electron chi connectivity index (χ0n) is 9.49. The van der Waals surface area contributed by atoms with Crippen LogP contribution in [0.4, 0.5) is 0 Å². The van der Waals surface area contributed by atoms with E-state index in [1.807, 2.05) is 0 Å². The Morgan fingerprint density at radius 3 is 2.67 bits per heavy atom. The van der Waals surface area contributed by atoms with E-state index >= 15 is 0 Å². The van der Waals surface area contributed by atoms with Crippen LogP contribution < -0.4 is 10.7 Å². The third-order valence-corrected chi connectivity index (χ3v) is 2.92. The summed E-state index contributed by atoms with van der Waals surface area (Å²) in [6.07, 6.45) is 2.63. The zero-order chi connectivity index (χ0) is 12.1. The second-order valence-electron chi connectivity index (χ2n) is 3.52. The van der Waals surface area contributed by atoms with E-state index in [1.54, 1.807) is 24.4 Å². The molecule has 0 bridgehead atoms. The first-order valence-electron chi connectivity index (χ1n) is 5.29. The van der Waals surface area contributed by atoms with Gasteiger partial charge in [-0.25, -0.2) is 5.43 Å². The lowest BCUT2D eigenvalue weighted by molar-refractivity contribution is 0.712. The van der Waals surface area contributed by atoms with E-state index in [0.29, 0.717) is 21.6 Å². The van der Waals surface area contributed by atoms with Crippen LogP contribution >= 0.6 is 35.6 Å². The van der Waals surface area contributed by atoms with Gasteiger partial charge < -0.3 is 5.32 Å². The fourth-order valence-corrected chi connectivity index (χ4v) is 1.89. The fourth-order valence-electron chi connectivity index (χ4n) is 1.40. The average Bonchev–Trinajstić information content (AvgIpc) is 2.34. The van der Waals surface area contributed by atoms with E-state index in [2.05, 4.69) is 20.8 Å². The summed E-state index contributed by atoms with van der Waals surface area (Å²) >= 11 is 12.0. The molecule has 0 atom stereocenters. The molecule has 1 aromatic rings. The molecule has 0 spiro atoms. The number of nitrogens with zero attached hydrogens (tertiary/aromatic N) is 2. The molecule has 1 heterocycles. The van der Waals surface area contributed by atoms with Crippen molar-refractivity contribution < 1.29 is 0 Å². The van der Waals surface area contributed by atoms with Gasteiger partial charge >= 0.3 is 0 Å². The van der Waals surface area contributed by atoms with Gasteiger partial charge in [-0.3, -0.25) is 4.99 Å². The molecule has 4 nitrogen and oxygen atoms in total. The van der Waals surface area contributed by atoms with E-state index in [4.69, 9.17) is 23.2 Å². The summed E-state index contributed by atoms with van der Waals surface area (Å²) in [5.74, 6) is 0.677. The number of hydrogen-bond donors (Lipinski definition) is 2. The minimum Gasteiger partial charge on any atom is -0.355 e. The number of guanidine groups is 1. The number of hydrazone groups is 1. The summed E-state index contributed by atoms with van der Waals surface area (Å²) in [5.41, 5.74) is 3.51. The molecule has 0 aromatic heterocycles. The van der Waals surface area contributed by atoms with Crippen LogP contribution in [0.1, 0.15) is 12.0 Å². The van der Waals surface area contributed by atoms with Gasteiger partial charge in [-0.15, -0.1) is 12.4 Å². The van der Waals surface area contributed by atoms with Crippen molar-refractivity contribution >= 4 is 47.8 Å². The molecular formula is C11H13Cl3N4. The van der Waals surface area contributed by atoms with Gasteiger partial charge in [-0.05, 0) is 18.6 Å². The van der Waals surface area contributed by atoms with Crippen molar-refractivity contribution in [3.8, 4) is 0 Å². The zero-order valence-corrected chi connectivity index (χ0v) is 11.8. The van der Waals surface area contributed by atoms with Gasteiger partial charge in [-0.1, -0.05) is 29.3 Å². The highest BCUT2D eigenvalue weighted by molar-refractivity contribution is 6.38. The van der Waals surface area contributed by atoms with Gasteiger partial charge in [0.15, 0.2) is 0 Å². The van der Waals surface area contributed by atoms with Gasteiger partial charge in [0, 0.05) is 18.7 Å². The first-order chi connectivity index (χ1) is 8.27. The number of halogens is 3. The molecule has 0 amide bonds. The van der Waals surface area contributed by atoms with Crippen LogP contribution in [-0.4, -0.2) is 25.3 Å². The Labute approximate surface area is 122 Å². The smallest absolute Gasteiger partial charge is 0.212 e. The highest BCUT2D eigenvalue weighted by atomic mass is 35.5. The minimum absolute atomic E-state index is 0. The van der Waals surface area contributed by atoms with Gasteiger partial charge in [0.1, 0.15) is 0 Å². The lowest BCUT2D eigenvalue weighted by Crippen LogP contribution is -2.38. The molecule has 0 fully saturated rings. The molecule has 0 radical (unpaired) electrons. The Kier molecular flexibility index (Phi) is 6.25. The van der Waals surface area contributed by atoms with Gasteiger partial charge in [-0.2, -0.15) is 5.10 Å². The van der Waals surface area contributed by atoms with E-state index < -0.39 is 0 Å². The normalized spacial score (nSPS) is 14.7. The average molecular weight is 308 g/mol. The fraction of sp³-hybridized carbons (Fsp3) is 0.273. The predicted molar refractivity (Wildman–Crippen MR) is 79.4 cm³/mol. The summed E-state index contributed by atoms with van der Waals surface area (Å²) < 4.78 is 0. The summed E-state index contributed by atoms with van der Waals surface area (Å²) in [4.78, 5) is 4.22. The highest BCUT2D eigenvalue weighted by Gasteiger charge is 2.03. The first-order valence-corrected chi connectivity index (χ1v) is 6.04. The Balaban J connectivity index is 0.00000162. The van der Waals surface area contributed by atoms with Crippen LogP contribution in [0.25, 0.3) is 0 Å². The largest absolute Gasteiger partial charge is 0.355 e. The van der Waals surface area contributed by atoms with Crippen LogP contribution in [0.2, 0.25) is 10.0 Å². The summed E-state index contributed by atoms with van der Waals surface area (Å²) in [5, 5.41) is 8.29. The molecule has 98 valence electrons. The maximum Gasteiger partial charge on any atom is 0.212 e. The Bertz CT molecular complexity index is 439. The second kappa shape index (κ2) is 7.46. The van der Waals surface area contributed by atoms with Crippen LogP contribution in [-0.2, 0) is 0 Å². The molecule has 18 heavy (non-hydrogen) atoms. The molecule has 2 rings (SSSR count). The molecule has 7 heteroatoms. The van der Waals surface area contributed by atoms with Crippen molar-refractivity contribution in [2.45, 2.75) is 6.42 Å². The van der Waals surface area contributed by atoms with Crippen molar-refractivity contribution in [2.75, 3.05) is 13.1 Å². The van der Waals surface area contributed by atoms with Gasteiger partial charge in [0.2, 0.25) is 5.96 Å². The van der Waals surface area contributed by atoms with Gasteiger partial charge in [0.05, 0.1) is 16.3 Å². The van der Waals surface area contributed by atoms with E-state index in [1.165, 1.54) is 0 Å². The quantitative estimate of drug-likeness (QED) is 0.652. The van der Waals surface area contributed by atoms with Crippen molar-refractivity contribution in [3.05, 3.63) is 33.8 Å². The number of rotatable bonds is 2. The summed E-state index contributed by atoms with van der Waals surface area (Å²) in [6.45, 7) is 1.73. The summed E-state index contributed by atoms with van der Waals surface area (Å²) in [7, 11) is 0. The number of benzene rings is 1. The molecule has 2 N–H and O–H groups in total. The number of aliphatic imine (C=N–C) groups is 1. The summed E-state index contributed by atoms with van der Waals surface area (Å²) in [6, 6.07) is 5.33. The first kappa shape index (κ1) is 15.1. The van der Waals surface area contributed by atoms with E-state index in [0.717, 1.165) is 19.5 Å². The number of nitrogens with one attached hydrogen (secondary N) is 2. The van der Waals surface area contributed by atoms with Crippen molar-refractivity contribution in [2.24, 2.45) is 10.1 Å². The Hall–Kier alpha value is -0.970. The standard InChI is InChI=1S/C11H12Cl2N4.ClH/c12-9-3-1-4-10(13)8(9)7-16-17-11-14-5-2-6-15-11;/h1,3-4,7H,2,5-6H2,(H2,14,15,17);1H/b16-7-;. The molecule has 1 aromatic carbocycles. The van der Waals surface area contributed by atoms with Crippen LogP contribution in [0.15, 0.2) is 28.3 Å². The van der Waals surface area contributed by atoms with Crippen molar-refractivity contribution in [3.63, 3.8) is 0 Å². The Morgan fingerprint density at radius 1 is 1.33 bits per heavy atom. The lowest BCUT2D eigenvalue weighted by atomic mass is 10.2. The number of hydrogen-bond acceptors (Lipinski definition) is 4. The SMILES string of the molecule is Cl.Clc1cccc(Cl)c1/C=N\NC1=NCCCN1. The lowest BCUT2D eigenvalue weighted by Gasteiger charge is -2.12. The molecule has 0 aliphatic carbocycles. The van der Waals surface area contributed by atoms with Crippen LogP contribution in [0.3, 0.4) is 0 Å². The van der Waals surface area contributed by atoms with Crippen molar-refractivity contribution in [1.82, 2.24) is 10.7 Å². The topological polar surface area (TPSA) is 48.8 Å². The molecule has 0 saturated heterocycles. The minimum atomic E-state index is 0. The molecule has 0 saturated carbocycles. The van der Waals surface area contributed by atoms with E-state index in [9.17, 15) is 0 Å². The van der Waals surface area contributed by atoms with Gasteiger partial charge in [0.25, 0.3) is 0 Å². The maximum absolute atomic E-state index is 6.00. The van der Waals surface area contributed by atoms with Crippen LogP contribution in [0.5, 0.6) is 0 Å². The maximum atomic E-state index is 6.00. The predicted octanol–water partition coefficient (Wildman–Crippen LogP) is 2.69. The van der Waals surface area contributed by atoms with E-state index in [-0.39, 0.29) is 12.4 Å². The molecule has 0 unspecified atom stereocenters. The molecular weight excluding hydrogens is 295 g/mol. The molecule has 1 aliphatic heterocycles.